The molecule has 2 heterocycles. The number of rotatable bonds is 9. The van der Waals surface area contributed by atoms with Gasteiger partial charge in [0.05, 0.1) is 16.2 Å². The van der Waals surface area contributed by atoms with Gasteiger partial charge in [-0.3, -0.25) is 24.2 Å². The van der Waals surface area contributed by atoms with Crippen LogP contribution >= 0.6 is 24.0 Å². The molecule has 2 aliphatic heterocycles. The molecule has 0 aromatic heterocycles. The van der Waals surface area contributed by atoms with Crippen LogP contribution in [0.1, 0.15) is 56.2 Å². The van der Waals surface area contributed by atoms with Gasteiger partial charge in [-0.2, -0.15) is 0 Å². The van der Waals surface area contributed by atoms with E-state index in [9.17, 15) is 14.4 Å². The molecule has 1 unspecified atom stereocenters. The molecule has 6 nitrogen and oxygen atoms in total. The molecule has 0 bridgehead atoms. The SMILES string of the molecule is CCCCC(CC)CN1C(=O)/C(=C2/C(=O)N(CC(=O)Nc3ccc(C)c(C)c3)c3ccccc32)SC1=S. The van der Waals surface area contributed by atoms with Crippen LogP contribution in [0.15, 0.2) is 47.4 Å². The van der Waals surface area contributed by atoms with Crippen molar-refractivity contribution < 1.29 is 14.4 Å². The van der Waals surface area contributed by atoms with Crippen molar-refractivity contribution in [3.8, 4) is 0 Å². The number of fused-ring (bicyclic) bond motifs is 1. The topological polar surface area (TPSA) is 69.7 Å². The molecule has 2 aliphatic rings. The summed E-state index contributed by atoms with van der Waals surface area (Å²) in [6.45, 7) is 8.71. The molecule has 2 aromatic rings. The third kappa shape index (κ3) is 5.65. The van der Waals surface area contributed by atoms with Crippen molar-refractivity contribution in [1.82, 2.24) is 4.90 Å². The van der Waals surface area contributed by atoms with Crippen molar-refractivity contribution in [2.24, 2.45) is 5.92 Å². The number of para-hydroxylation sites is 1. The average Bonchev–Trinajstić information content (AvgIpc) is 3.30. The number of thioether (sulfide) groups is 1. The zero-order valence-corrected chi connectivity index (χ0v) is 23.4. The summed E-state index contributed by atoms with van der Waals surface area (Å²) in [6, 6.07) is 13.0. The minimum absolute atomic E-state index is 0.151. The van der Waals surface area contributed by atoms with Crippen molar-refractivity contribution >= 4 is 63.0 Å². The van der Waals surface area contributed by atoms with Gasteiger partial charge in [-0.15, -0.1) is 0 Å². The molecule has 194 valence electrons. The number of amides is 3. The summed E-state index contributed by atoms with van der Waals surface area (Å²) >= 11 is 6.77. The molecule has 0 radical (unpaired) electrons. The van der Waals surface area contributed by atoms with Gasteiger partial charge in [0.2, 0.25) is 5.91 Å². The summed E-state index contributed by atoms with van der Waals surface area (Å²) in [4.78, 5) is 43.6. The monoisotopic (exact) mass is 535 g/mol. The van der Waals surface area contributed by atoms with Gasteiger partial charge in [0, 0.05) is 17.8 Å². The lowest BCUT2D eigenvalue weighted by Gasteiger charge is -2.21. The maximum Gasteiger partial charge on any atom is 0.267 e. The van der Waals surface area contributed by atoms with Crippen LogP contribution < -0.4 is 10.2 Å². The first-order valence-corrected chi connectivity index (χ1v) is 14.0. The van der Waals surface area contributed by atoms with E-state index in [0.29, 0.717) is 44.2 Å². The van der Waals surface area contributed by atoms with Gasteiger partial charge in [0.25, 0.3) is 11.8 Å². The maximum atomic E-state index is 13.7. The number of carbonyl (C=O) groups is 3. The Morgan fingerprint density at radius 2 is 1.78 bits per heavy atom. The molecule has 0 saturated carbocycles. The second kappa shape index (κ2) is 11.6. The molecule has 4 rings (SSSR count). The molecule has 2 aromatic carbocycles. The third-order valence-corrected chi connectivity index (χ3v) is 8.52. The number of thiocarbonyl (C=S) groups is 1. The number of aryl methyl sites for hydroxylation is 2. The van der Waals surface area contributed by atoms with Crippen LogP contribution in [0, 0.1) is 19.8 Å². The second-order valence-corrected chi connectivity index (χ2v) is 11.3. The summed E-state index contributed by atoms with van der Waals surface area (Å²) in [5.41, 5.74) is 4.50. The van der Waals surface area contributed by atoms with Gasteiger partial charge in [0.1, 0.15) is 10.9 Å². The fraction of sp³-hybridized carbons (Fsp3) is 0.379. The number of nitrogens with zero attached hydrogens (tertiary/aromatic N) is 2. The van der Waals surface area contributed by atoms with Crippen LogP contribution in [0.5, 0.6) is 0 Å². The number of benzene rings is 2. The summed E-state index contributed by atoms with van der Waals surface area (Å²) in [6.07, 6.45) is 4.23. The molecule has 0 spiro atoms. The van der Waals surface area contributed by atoms with E-state index in [2.05, 4.69) is 19.2 Å². The van der Waals surface area contributed by atoms with Crippen molar-refractivity contribution in [3.63, 3.8) is 0 Å². The quantitative estimate of drug-likeness (QED) is 0.311. The molecule has 1 saturated heterocycles. The Kier molecular flexibility index (Phi) is 8.49. The van der Waals surface area contributed by atoms with Crippen LogP contribution in [0.3, 0.4) is 0 Å². The van der Waals surface area contributed by atoms with Gasteiger partial charge >= 0.3 is 0 Å². The Labute approximate surface area is 228 Å². The fourth-order valence-corrected chi connectivity index (χ4v) is 6.05. The normalized spacial score (nSPS) is 18.0. The second-order valence-electron chi connectivity index (χ2n) is 9.66. The minimum atomic E-state index is -0.352. The van der Waals surface area contributed by atoms with Crippen molar-refractivity contribution in [3.05, 3.63) is 64.1 Å². The standard InChI is InChI=1S/C29H33N3O3S2/c1-5-7-10-20(6-2)16-32-28(35)26(37-29(32)36)25-22-11-8-9-12-23(22)31(27(25)34)17-24(33)30-21-14-13-18(3)19(4)15-21/h8-9,11-15,20H,5-7,10,16-17H2,1-4H3,(H,30,33)/b26-25-. The molecule has 37 heavy (non-hydrogen) atoms. The van der Waals surface area contributed by atoms with Crippen LogP contribution in [0.4, 0.5) is 11.4 Å². The Hall–Kier alpha value is -2.97. The van der Waals surface area contributed by atoms with Crippen LogP contribution in [-0.2, 0) is 14.4 Å². The zero-order chi connectivity index (χ0) is 26.7. The first-order chi connectivity index (χ1) is 17.7. The number of anilines is 2. The van der Waals surface area contributed by atoms with Gasteiger partial charge in [-0.05, 0) is 55.5 Å². The van der Waals surface area contributed by atoms with Gasteiger partial charge in [-0.25, -0.2) is 0 Å². The molecule has 0 aliphatic carbocycles. The van der Waals surface area contributed by atoms with Gasteiger partial charge < -0.3 is 5.32 Å². The first kappa shape index (κ1) is 27.1. The average molecular weight is 536 g/mol. The van der Waals surface area contributed by atoms with Crippen molar-refractivity contribution in [2.45, 2.75) is 53.4 Å². The Morgan fingerprint density at radius 1 is 1.03 bits per heavy atom. The largest absolute Gasteiger partial charge is 0.325 e. The summed E-state index contributed by atoms with van der Waals surface area (Å²) in [5.74, 6) is -0.509. The van der Waals surface area contributed by atoms with E-state index in [0.717, 1.165) is 36.8 Å². The summed E-state index contributed by atoms with van der Waals surface area (Å²) in [7, 11) is 0. The Balaban J connectivity index is 1.58. The Bertz CT molecular complexity index is 1290. The van der Waals surface area contributed by atoms with E-state index in [1.807, 2.05) is 56.3 Å². The van der Waals surface area contributed by atoms with Crippen LogP contribution in [0.25, 0.3) is 5.57 Å². The van der Waals surface area contributed by atoms with E-state index in [1.165, 1.54) is 16.7 Å². The van der Waals surface area contributed by atoms with Crippen molar-refractivity contribution in [1.29, 1.82) is 0 Å². The van der Waals surface area contributed by atoms with E-state index < -0.39 is 0 Å². The Morgan fingerprint density at radius 3 is 2.49 bits per heavy atom. The highest BCUT2D eigenvalue weighted by Gasteiger charge is 2.42. The lowest BCUT2D eigenvalue weighted by Crippen LogP contribution is -2.36. The lowest BCUT2D eigenvalue weighted by molar-refractivity contribution is -0.123. The van der Waals surface area contributed by atoms with E-state index in [1.54, 1.807) is 4.90 Å². The van der Waals surface area contributed by atoms with E-state index in [4.69, 9.17) is 12.2 Å². The van der Waals surface area contributed by atoms with E-state index in [-0.39, 0.29) is 24.3 Å². The predicted octanol–water partition coefficient (Wildman–Crippen LogP) is 6.08. The number of unbranched alkanes of at least 4 members (excludes halogenated alkanes) is 1. The minimum Gasteiger partial charge on any atom is -0.325 e. The van der Waals surface area contributed by atoms with Crippen LogP contribution in [0.2, 0.25) is 0 Å². The zero-order valence-electron chi connectivity index (χ0n) is 21.8. The molecule has 1 fully saturated rings. The van der Waals surface area contributed by atoms with Crippen molar-refractivity contribution in [2.75, 3.05) is 23.3 Å². The smallest absolute Gasteiger partial charge is 0.267 e. The molecule has 1 atom stereocenters. The molecule has 1 N–H and O–H groups in total. The summed E-state index contributed by atoms with van der Waals surface area (Å²) < 4.78 is 0.485. The molecule has 3 amide bonds. The third-order valence-electron chi connectivity index (χ3n) is 7.08. The lowest BCUT2D eigenvalue weighted by atomic mass is 9.98. The molecular formula is C29H33N3O3S2. The number of hydrogen-bond acceptors (Lipinski definition) is 5. The number of carbonyl (C=O) groups excluding carboxylic acids is 3. The highest BCUT2D eigenvalue weighted by atomic mass is 32.2. The van der Waals surface area contributed by atoms with Gasteiger partial charge in [-0.1, -0.05) is 81.4 Å². The highest BCUT2D eigenvalue weighted by molar-refractivity contribution is 8.26. The molecular weight excluding hydrogens is 502 g/mol. The van der Waals surface area contributed by atoms with Crippen LogP contribution in [-0.4, -0.2) is 40.0 Å². The fourth-order valence-electron chi connectivity index (χ4n) is 4.70. The predicted molar refractivity (Wildman–Crippen MR) is 155 cm³/mol. The maximum absolute atomic E-state index is 13.7. The number of nitrogens with one attached hydrogen (secondary N) is 1. The highest BCUT2D eigenvalue weighted by Crippen LogP contribution is 2.44. The molecule has 8 heteroatoms. The number of hydrogen-bond donors (Lipinski definition) is 1. The van der Waals surface area contributed by atoms with Gasteiger partial charge in [0.15, 0.2) is 0 Å². The first-order valence-electron chi connectivity index (χ1n) is 12.8. The summed E-state index contributed by atoms with van der Waals surface area (Å²) in [5, 5.41) is 2.89. The van der Waals surface area contributed by atoms with E-state index >= 15 is 0 Å².